The fourth-order valence-corrected chi connectivity index (χ4v) is 3.38. The second-order valence-electron chi connectivity index (χ2n) is 7.32. The summed E-state index contributed by atoms with van der Waals surface area (Å²) in [5.41, 5.74) is 4.67. The van der Waals surface area contributed by atoms with Crippen LogP contribution < -0.4 is 5.32 Å². The van der Waals surface area contributed by atoms with Crippen LogP contribution in [0.25, 0.3) is 22.9 Å². The van der Waals surface area contributed by atoms with Gasteiger partial charge in [0.05, 0.1) is 11.6 Å². The molecule has 0 saturated heterocycles. The molecule has 0 saturated carbocycles. The zero-order valence-electron chi connectivity index (χ0n) is 18.0. The van der Waals surface area contributed by atoms with E-state index in [0.29, 0.717) is 28.3 Å². The van der Waals surface area contributed by atoms with Crippen LogP contribution in [0.2, 0.25) is 0 Å². The molecule has 160 valence electrons. The third-order valence-electron chi connectivity index (χ3n) is 5.06. The van der Waals surface area contributed by atoms with E-state index in [1.807, 2.05) is 72.8 Å². The molecule has 0 atom stereocenters. The molecule has 1 N–H and O–H groups in total. The molecule has 0 aliphatic heterocycles. The molecule has 0 bridgehead atoms. The minimum atomic E-state index is -0.304. The van der Waals surface area contributed by atoms with Crippen molar-refractivity contribution in [3.63, 3.8) is 0 Å². The highest BCUT2D eigenvalue weighted by Crippen LogP contribution is 2.26. The molecular formula is C28H21N3O2. The molecular weight excluding hydrogens is 410 g/mol. The molecule has 1 aromatic heterocycles. The van der Waals surface area contributed by atoms with Crippen molar-refractivity contribution < 1.29 is 9.32 Å². The first-order valence-electron chi connectivity index (χ1n) is 10.4. The van der Waals surface area contributed by atoms with E-state index >= 15 is 0 Å². The molecule has 0 spiro atoms. The maximum Gasteiger partial charge on any atom is 0.261 e. The highest BCUT2D eigenvalue weighted by Gasteiger charge is 2.21. The zero-order chi connectivity index (χ0) is 23.0. The number of aromatic nitrogens is 1. The largest absolute Gasteiger partial charge is 0.360 e. The van der Waals surface area contributed by atoms with Gasteiger partial charge in [-0.05, 0) is 36.3 Å². The first-order valence-corrected chi connectivity index (χ1v) is 10.4. The maximum atomic E-state index is 13.0. The van der Waals surface area contributed by atoms with Crippen molar-refractivity contribution in [3.05, 3.63) is 120 Å². The van der Waals surface area contributed by atoms with E-state index in [2.05, 4.69) is 16.5 Å². The average Bonchev–Trinajstić information content (AvgIpc) is 3.25. The molecule has 5 nitrogen and oxygen atoms in total. The molecule has 0 fully saturated rings. The number of carbonyl (C=O) groups is 1. The van der Waals surface area contributed by atoms with Gasteiger partial charge in [0.25, 0.3) is 5.91 Å². The van der Waals surface area contributed by atoms with Crippen LogP contribution in [-0.4, -0.2) is 11.1 Å². The highest BCUT2D eigenvalue weighted by molar-refractivity contribution is 6.08. The number of nitriles is 1. The molecule has 5 heteroatoms. The van der Waals surface area contributed by atoms with Crippen LogP contribution in [0.4, 0.5) is 5.69 Å². The zero-order valence-corrected chi connectivity index (χ0v) is 18.0. The lowest BCUT2D eigenvalue weighted by Gasteiger charge is -2.07. The fourth-order valence-electron chi connectivity index (χ4n) is 3.38. The fraction of sp³-hybridized carbons (Fsp3) is 0.0357. The third-order valence-corrected chi connectivity index (χ3v) is 5.06. The van der Waals surface area contributed by atoms with Crippen molar-refractivity contribution in [2.75, 3.05) is 5.32 Å². The molecule has 0 radical (unpaired) electrons. The smallest absolute Gasteiger partial charge is 0.261 e. The van der Waals surface area contributed by atoms with Crippen LogP contribution in [0, 0.1) is 18.3 Å². The predicted molar refractivity (Wildman–Crippen MR) is 130 cm³/mol. The molecule has 1 heterocycles. The number of nitrogens with zero attached hydrogens (tertiary/aromatic N) is 2. The molecule has 0 aliphatic carbocycles. The quantitative estimate of drug-likeness (QED) is 0.278. The highest BCUT2D eigenvalue weighted by atomic mass is 16.5. The number of carbonyl (C=O) groups excluding carboxylic acids is 1. The Morgan fingerprint density at radius 3 is 2.30 bits per heavy atom. The number of hydrogen-bond acceptors (Lipinski definition) is 4. The van der Waals surface area contributed by atoms with Crippen molar-refractivity contribution in [1.82, 2.24) is 5.16 Å². The number of allylic oxidation sites excluding steroid dienone is 3. The van der Waals surface area contributed by atoms with Crippen molar-refractivity contribution in [2.24, 2.45) is 0 Å². The van der Waals surface area contributed by atoms with Crippen LogP contribution in [-0.2, 0) is 0 Å². The van der Waals surface area contributed by atoms with Crippen LogP contribution in [0.5, 0.6) is 0 Å². The van der Waals surface area contributed by atoms with Gasteiger partial charge in [-0.2, -0.15) is 5.26 Å². The van der Waals surface area contributed by atoms with Gasteiger partial charge in [-0.15, -0.1) is 0 Å². The van der Waals surface area contributed by atoms with E-state index in [1.54, 1.807) is 37.3 Å². The summed E-state index contributed by atoms with van der Waals surface area (Å²) in [6, 6.07) is 28.7. The molecule has 0 aliphatic rings. The maximum absolute atomic E-state index is 13.0. The summed E-state index contributed by atoms with van der Waals surface area (Å²) >= 11 is 0. The summed E-state index contributed by atoms with van der Waals surface area (Å²) in [5, 5.41) is 16.5. The van der Waals surface area contributed by atoms with Crippen molar-refractivity contribution >= 4 is 23.2 Å². The number of nitrogens with one attached hydrogen (secondary N) is 1. The second-order valence-corrected chi connectivity index (χ2v) is 7.32. The Morgan fingerprint density at radius 2 is 1.64 bits per heavy atom. The lowest BCUT2D eigenvalue weighted by Crippen LogP contribution is -2.13. The molecule has 1 amide bonds. The normalized spacial score (nSPS) is 11.3. The second kappa shape index (κ2) is 10.1. The minimum absolute atomic E-state index is 0.304. The molecule has 4 aromatic rings. The summed E-state index contributed by atoms with van der Waals surface area (Å²) in [7, 11) is 0. The van der Waals surface area contributed by atoms with Crippen molar-refractivity contribution in [2.45, 2.75) is 6.92 Å². The van der Waals surface area contributed by atoms with Crippen LogP contribution in [0.3, 0.4) is 0 Å². The summed E-state index contributed by atoms with van der Waals surface area (Å²) < 4.78 is 5.28. The van der Waals surface area contributed by atoms with Crippen LogP contribution >= 0.6 is 0 Å². The van der Waals surface area contributed by atoms with Gasteiger partial charge in [-0.3, -0.25) is 4.79 Å². The van der Waals surface area contributed by atoms with Gasteiger partial charge in [0.15, 0.2) is 0 Å². The Hall–Kier alpha value is -4.69. The standard InChI is InChI=1S/C28H21N3O2/c1-20-26(27(31-33-20)23-12-6-3-7-13-23)28(32)30-25-17-15-22(16-18-25)24(19-29)14-8-11-21-9-4-2-5-10-21/h2-18H,1H3,(H,30,32)/b11-8+,24-14-. The lowest BCUT2D eigenvalue weighted by atomic mass is 10.0. The van der Waals surface area contributed by atoms with E-state index in [1.165, 1.54) is 0 Å². The number of benzene rings is 3. The Balaban J connectivity index is 1.50. The van der Waals surface area contributed by atoms with E-state index in [-0.39, 0.29) is 5.91 Å². The van der Waals surface area contributed by atoms with Crippen LogP contribution in [0.15, 0.2) is 102 Å². The Labute approximate surface area is 192 Å². The summed E-state index contributed by atoms with van der Waals surface area (Å²) in [6.45, 7) is 1.71. The van der Waals surface area contributed by atoms with Gasteiger partial charge >= 0.3 is 0 Å². The van der Waals surface area contributed by atoms with Gasteiger partial charge in [0.2, 0.25) is 0 Å². The monoisotopic (exact) mass is 431 g/mol. The van der Waals surface area contributed by atoms with Gasteiger partial charge in [0.1, 0.15) is 17.0 Å². The molecule has 4 rings (SSSR count). The van der Waals surface area contributed by atoms with E-state index < -0.39 is 0 Å². The predicted octanol–water partition coefficient (Wildman–Crippen LogP) is 6.52. The van der Waals surface area contributed by atoms with Crippen LogP contribution in [0.1, 0.15) is 27.2 Å². The number of aryl methyl sites for hydroxylation is 1. The average molecular weight is 431 g/mol. The van der Waals surface area contributed by atoms with E-state index in [4.69, 9.17) is 4.52 Å². The number of hydrogen-bond donors (Lipinski definition) is 1. The van der Waals surface area contributed by atoms with Gasteiger partial charge in [-0.25, -0.2) is 0 Å². The van der Waals surface area contributed by atoms with Gasteiger partial charge < -0.3 is 9.84 Å². The first kappa shape index (κ1) is 21.5. The first-order chi connectivity index (χ1) is 16.2. The molecule has 33 heavy (non-hydrogen) atoms. The Bertz CT molecular complexity index is 1340. The van der Waals surface area contributed by atoms with Crippen molar-refractivity contribution in [1.29, 1.82) is 5.26 Å². The topological polar surface area (TPSA) is 78.9 Å². The summed E-state index contributed by atoms with van der Waals surface area (Å²) in [5.74, 6) is 0.144. The van der Waals surface area contributed by atoms with Gasteiger partial charge in [0, 0.05) is 11.3 Å². The number of amides is 1. The number of anilines is 1. The third kappa shape index (κ3) is 5.15. The minimum Gasteiger partial charge on any atom is -0.360 e. The molecule has 0 unspecified atom stereocenters. The Kier molecular flexibility index (Phi) is 6.58. The number of rotatable bonds is 6. The Morgan fingerprint density at radius 1 is 0.970 bits per heavy atom. The lowest BCUT2D eigenvalue weighted by molar-refractivity contribution is 0.102. The van der Waals surface area contributed by atoms with E-state index in [9.17, 15) is 10.1 Å². The summed E-state index contributed by atoms with van der Waals surface area (Å²) in [6.07, 6.45) is 5.56. The van der Waals surface area contributed by atoms with Gasteiger partial charge in [-0.1, -0.05) is 90.1 Å². The van der Waals surface area contributed by atoms with E-state index in [0.717, 1.165) is 16.7 Å². The summed E-state index contributed by atoms with van der Waals surface area (Å²) in [4.78, 5) is 13.0. The SMILES string of the molecule is Cc1onc(-c2ccccc2)c1C(=O)Nc1ccc(/C(C#N)=C\C=C\c2ccccc2)cc1. The van der Waals surface area contributed by atoms with Crippen molar-refractivity contribution in [3.8, 4) is 17.3 Å². The molecule has 3 aromatic carbocycles.